The first-order chi connectivity index (χ1) is 17.7. The summed E-state index contributed by atoms with van der Waals surface area (Å²) in [6.07, 6.45) is 6.55. The molecule has 0 atom stereocenters. The maximum Gasteiger partial charge on any atom is 0.123 e. The standard InChI is InChI=1S/C33H21BrFN/c34-23-7-5-6-21(18-23)22-14-17-29-30(19-22)36-33(20-12-15-24(35)16-13-20)32-28-11-4-2-9-26(28)25-8-1-3-10-27(25)31(29)32/h1,3-8,10-19H,2,9H2. The van der Waals surface area contributed by atoms with Gasteiger partial charge < -0.3 is 0 Å². The number of aryl methyl sites for hydroxylation is 1. The molecule has 6 aromatic rings. The molecule has 7 rings (SSSR count). The van der Waals surface area contributed by atoms with Crippen LogP contribution < -0.4 is 0 Å². The van der Waals surface area contributed by atoms with Crippen LogP contribution in [-0.4, -0.2) is 4.98 Å². The number of aromatic nitrogens is 1. The molecule has 0 aliphatic heterocycles. The van der Waals surface area contributed by atoms with E-state index in [1.807, 2.05) is 24.3 Å². The Kier molecular flexibility index (Phi) is 5.00. The minimum absolute atomic E-state index is 0.242. The highest BCUT2D eigenvalue weighted by molar-refractivity contribution is 9.10. The Morgan fingerprint density at radius 1 is 0.694 bits per heavy atom. The van der Waals surface area contributed by atoms with Crippen molar-refractivity contribution < 1.29 is 4.39 Å². The van der Waals surface area contributed by atoms with Crippen LogP contribution in [0.15, 0.2) is 102 Å². The molecule has 1 heterocycles. The van der Waals surface area contributed by atoms with Gasteiger partial charge in [-0.2, -0.15) is 0 Å². The van der Waals surface area contributed by atoms with Gasteiger partial charge in [0.25, 0.3) is 0 Å². The molecule has 0 saturated heterocycles. The van der Waals surface area contributed by atoms with E-state index in [0.717, 1.165) is 56.0 Å². The third kappa shape index (κ3) is 3.38. The minimum atomic E-state index is -0.242. The van der Waals surface area contributed by atoms with Gasteiger partial charge in [-0.1, -0.05) is 76.6 Å². The number of rotatable bonds is 2. The third-order valence-corrected chi connectivity index (χ3v) is 7.72. The van der Waals surface area contributed by atoms with Crippen LogP contribution in [0, 0.1) is 5.82 Å². The highest BCUT2D eigenvalue weighted by atomic mass is 79.9. The molecule has 1 aliphatic carbocycles. The van der Waals surface area contributed by atoms with E-state index in [0.29, 0.717) is 0 Å². The fraction of sp³-hybridized carbons (Fsp3) is 0.0606. The van der Waals surface area contributed by atoms with Gasteiger partial charge in [0.05, 0.1) is 11.2 Å². The molecule has 1 nitrogen and oxygen atoms in total. The lowest BCUT2D eigenvalue weighted by molar-refractivity contribution is 0.628. The number of fused-ring (bicyclic) bond motifs is 8. The molecule has 0 bridgehead atoms. The molecule has 5 aromatic carbocycles. The second-order valence-corrected chi connectivity index (χ2v) is 10.3. The summed E-state index contributed by atoms with van der Waals surface area (Å²) in [4.78, 5) is 5.26. The Labute approximate surface area is 217 Å². The van der Waals surface area contributed by atoms with E-state index in [9.17, 15) is 4.39 Å². The quantitative estimate of drug-likeness (QED) is 0.203. The summed E-state index contributed by atoms with van der Waals surface area (Å²) in [7, 11) is 0. The highest BCUT2D eigenvalue weighted by Crippen LogP contribution is 2.44. The Morgan fingerprint density at radius 2 is 1.47 bits per heavy atom. The molecule has 0 saturated carbocycles. The first kappa shape index (κ1) is 21.5. The van der Waals surface area contributed by atoms with E-state index < -0.39 is 0 Å². The van der Waals surface area contributed by atoms with Gasteiger partial charge >= 0.3 is 0 Å². The molecule has 36 heavy (non-hydrogen) atoms. The Bertz CT molecular complexity index is 1850. The van der Waals surface area contributed by atoms with Crippen LogP contribution in [0.2, 0.25) is 0 Å². The molecule has 0 fully saturated rings. The highest BCUT2D eigenvalue weighted by Gasteiger charge is 2.21. The lowest BCUT2D eigenvalue weighted by Crippen LogP contribution is -2.01. The van der Waals surface area contributed by atoms with Crippen molar-refractivity contribution in [2.45, 2.75) is 12.8 Å². The van der Waals surface area contributed by atoms with Crippen LogP contribution in [-0.2, 0) is 6.42 Å². The first-order valence-electron chi connectivity index (χ1n) is 12.2. The monoisotopic (exact) mass is 529 g/mol. The predicted octanol–water partition coefficient (Wildman–Crippen LogP) is 9.74. The molecule has 1 aromatic heterocycles. The minimum Gasteiger partial charge on any atom is -0.247 e. The van der Waals surface area contributed by atoms with Crippen molar-refractivity contribution in [1.29, 1.82) is 0 Å². The summed E-state index contributed by atoms with van der Waals surface area (Å²) in [5, 5.41) is 6.04. The van der Waals surface area contributed by atoms with Crippen LogP contribution >= 0.6 is 15.9 Å². The van der Waals surface area contributed by atoms with Gasteiger partial charge in [0.15, 0.2) is 0 Å². The zero-order chi connectivity index (χ0) is 24.2. The number of hydrogen-bond donors (Lipinski definition) is 0. The molecule has 172 valence electrons. The Balaban J connectivity index is 1.67. The van der Waals surface area contributed by atoms with Gasteiger partial charge in [0, 0.05) is 26.2 Å². The van der Waals surface area contributed by atoms with E-state index in [1.165, 1.54) is 39.4 Å². The van der Waals surface area contributed by atoms with Crippen LogP contribution in [0.25, 0.3) is 60.9 Å². The summed E-state index contributed by atoms with van der Waals surface area (Å²) < 4.78 is 14.9. The molecular formula is C33H21BrFN. The smallest absolute Gasteiger partial charge is 0.123 e. The average Bonchev–Trinajstić information content (AvgIpc) is 2.92. The number of pyridine rings is 1. The van der Waals surface area contributed by atoms with Crippen LogP contribution in [0.5, 0.6) is 0 Å². The van der Waals surface area contributed by atoms with Gasteiger partial charge in [0.1, 0.15) is 5.82 Å². The Morgan fingerprint density at radius 3 is 2.31 bits per heavy atom. The van der Waals surface area contributed by atoms with Crippen molar-refractivity contribution in [2.75, 3.05) is 0 Å². The van der Waals surface area contributed by atoms with Crippen molar-refractivity contribution in [3.63, 3.8) is 0 Å². The molecule has 1 aliphatic rings. The van der Waals surface area contributed by atoms with Crippen LogP contribution in [0.1, 0.15) is 17.5 Å². The number of benzene rings is 5. The molecule has 3 heteroatoms. The van der Waals surface area contributed by atoms with Gasteiger partial charge in [-0.3, -0.25) is 0 Å². The molecular weight excluding hydrogens is 509 g/mol. The Hall–Kier alpha value is -3.82. The largest absolute Gasteiger partial charge is 0.247 e. The fourth-order valence-electron chi connectivity index (χ4n) is 5.61. The van der Waals surface area contributed by atoms with E-state index in [1.54, 1.807) is 0 Å². The second kappa shape index (κ2) is 8.39. The third-order valence-electron chi connectivity index (χ3n) is 7.22. The number of hydrogen-bond acceptors (Lipinski definition) is 1. The van der Waals surface area contributed by atoms with E-state index >= 15 is 0 Å². The van der Waals surface area contributed by atoms with Gasteiger partial charge in [-0.05, 0) is 88.3 Å². The predicted molar refractivity (Wildman–Crippen MR) is 153 cm³/mol. The summed E-state index contributed by atoms with van der Waals surface area (Å²) in [6, 6.07) is 30.3. The normalized spacial score (nSPS) is 12.9. The van der Waals surface area contributed by atoms with Crippen LogP contribution in [0.3, 0.4) is 0 Å². The zero-order valence-corrected chi connectivity index (χ0v) is 21.0. The maximum absolute atomic E-state index is 13.9. The lowest BCUT2D eigenvalue weighted by Gasteiger charge is -2.21. The van der Waals surface area contributed by atoms with Crippen molar-refractivity contribution in [2.24, 2.45) is 0 Å². The number of halogens is 2. The second-order valence-electron chi connectivity index (χ2n) is 9.34. The molecule has 0 unspecified atom stereocenters. The van der Waals surface area contributed by atoms with Crippen molar-refractivity contribution >= 4 is 54.5 Å². The fourth-order valence-corrected chi connectivity index (χ4v) is 6.01. The van der Waals surface area contributed by atoms with Gasteiger partial charge in [-0.15, -0.1) is 0 Å². The molecule has 0 N–H and O–H groups in total. The summed E-state index contributed by atoms with van der Waals surface area (Å²) in [5.74, 6) is -0.242. The number of nitrogens with zero attached hydrogens (tertiary/aromatic N) is 1. The molecule has 0 spiro atoms. The van der Waals surface area contributed by atoms with E-state index in [2.05, 4.69) is 82.7 Å². The first-order valence-corrected chi connectivity index (χ1v) is 13.0. The SMILES string of the molecule is Fc1ccc(-c2nc3cc(-c4cccc(Br)c4)ccc3c3c2c2c(c4ccccc43)CCC=C2)cc1. The molecule has 0 amide bonds. The van der Waals surface area contributed by atoms with Gasteiger partial charge in [0.2, 0.25) is 0 Å². The zero-order valence-electron chi connectivity index (χ0n) is 19.4. The topological polar surface area (TPSA) is 12.9 Å². The van der Waals surface area contributed by atoms with E-state index in [-0.39, 0.29) is 5.82 Å². The average molecular weight is 530 g/mol. The summed E-state index contributed by atoms with van der Waals surface area (Å²) in [5.41, 5.74) is 7.61. The van der Waals surface area contributed by atoms with Crippen molar-refractivity contribution in [3.8, 4) is 22.4 Å². The molecule has 0 radical (unpaired) electrons. The lowest BCUT2D eigenvalue weighted by atomic mass is 9.84. The summed E-state index contributed by atoms with van der Waals surface area (Å²) >= 11 is 3.60. The summed E-state index contributed by atoms with van der Waals surface area (Å²) in [6.45, 7) is 0. The van der Waals surface area contributed by atoms with E-state index in [4.69, 9.17) is 4.98 Å². The number of allylic oxidation sites excluding steroid dienone is 1. The maximum atomic E-state index is 13.9. The van der Waals surface area contributed by atoms with Crippen molar-refractivity contribution in [1.82, 2.24) is 4.98 Å². The van der Waals surface area contributed by atoms with Crippen molar-refractivity contribution in [3.05, 3.63) is 118 Å². The van der Waals surface area contributed by atoms with Gasteiger partial charge in [-0.25, -0.2) is 9.37 Å². The van der Waals surface area contributed by atoms with Crippen LogP contribution in [0.4, 0.5) is 4.39 Å².